The van der Waals surface area contributed by atoms with E-state index in [-0.39, 0.29) is 12.2 Å². The van der Waals surface area contributed by atoms with E-state index in [2.05, 4.69) is 15.9 Å². The second kappa shape index (κ2) is 6.65. The molecule has 0 radical (unpaired) electrons. The van der Waals surface area contributed by atoms with Crippen molar-refractivity contribution < 1.29 is 24.1 Å². The number of aliphatic hydroxyl groups excluding tert-OH is 1. The molecule has 0 aliphatic carbocycles. The summed E-state index contributed by atoms with van der Waals surface area (Å²) in [5.74, 6) is 1.67. The summed E-state index contributed by atoms with van der Waals surface area (Å²) in [7, 11) is 4.71. The topological polar surface area (TPSA) is 57.2 Å². The second-order valence-corrected chi connectivity index (χ2v) is 5.38. The lowest BCUT2D eigenvalue weighted by Gasteiger charge is -2.28. The minimum Gasteiger partial charge on any atom is -0.493 e. The zero-order valence-corrected chi connectivity index (χ0v) is 13.4. The second-order valence-electron chi connectivity index (χ2n) is 4.59. The standard InChI is InChI=1S/C14H19BrO5/c1-17-11-7-9(10-6-8(16)4-5-20-10)12(15)14(19-3)13(11)18-2/h7-8,10,16H,4-6H2,1-3H3. The van der Waals surface area contributed by atoms with Crippen molar-refractivity contribution in [3.8, 4) is 17.2 Å². The van der Waals surface area contributed by atoms with E-state index in [1.54, 1.807) is 21.3 Å². The Labute approximate surface area is 126 Å². The molecule has 2 rings (SSSR count). The number of hydrogen-bond acceptors (Lipinski definition) is 5. The summed E-state index contributed by atoms with van der Waals surface area (Å²) in [6.45, 7) is 0.537. The van der Waals surface area contributed by atoms with Gasteiger partial charge in [-0.1, -0.05) is 0 Å². The van der Waals surface area contributed by atoms with Gasteiger partial charge in [0.15, 0.2) is 11.5 Å². The van der Waals surface area contributed by atoms with Crippen LogP contribution in [0.25, 0.3) is 0 Å². The Morgan fingerprint density at radius 3 is 2.45 bits per heavy atom. The smallest absolute Gasteiger partial charge is 0.204 e. The van der Waals surface area contributed by atoms with Gasteiger partial charge in [0.25, 0.3) is 0 Å². The maximum absolute atomic E-state index is 9.80. The normalized spacial score (nSPS) is 22.4. The van der Waals surface area contributed by atoms with Gasteiger partial charge in [-0.3, -0.25) is 0 Å². The highest BCUT2D eigenvalue weighted by Crippen LogP contribution is 2.48. The molecule has 0 amide bonds. The summed E-state index contributed by atoms with van der Waals surface area (Å²) >= 11 is 3.53. The van der Waals surface area contributed by atoms with Gasteiger partial charge in [0.2, 0.25) is 5.75 Å². The molecule has 1 aromatic carbocycles. The van der Waals surface area contributed by atoms with Crippen molar-refractivity contribution in [1.82, 2.24) is 0 Å². The molecule has 20 heavy (non-hydrogen) atoms. The van der Waals surface area contributed by atoms with E-state index in [1.807, 2.05) is 6.07 Å². The first-order valence-electron chi connectivity index (χ1n) is 6.40. The van der Waals surface area contributed by atoms with Crippen LogP contribution in [0, 0.1) is 0 Å². The van der Waals surface area contributed by atoms with Crippen LogP contribution in [0.1, 0.15) is 24.5 Å². The quantitative estimate of drug-likeness (QED) is 0.908. The molecule has 1 aromatic rings. The molecule has 112 valence electrons. The molecule has 5 nitrogen and oxygen atoms in total. The van der Waals surface area contributed by atoms with Gasteiger partial charge in [0, 0.05) is 18.6 Å². The monoisotopic (exact) mass is 346 g/mol. The average Bonchev–Trinajstić information content (AvgIpc) is 2.46. The van der Waals surface area contributed by atoms with Crippen LogP contribution in [0.4, 0.5) is 0 Å². The first-order valence-corrected chi connectivity index (χ1v) is 7.19. The number of hydrogen-bond donors (Lipinski definition) is 1. The van der Waals surface area contributed by atoms with Crippen molar-refractivity contribution in [1.29, 1.82) is 0 Å². The summed E-state index contributed by atoms with van der Waals surface area (Å²) in [5, 5.41) is 9.80. The molecule has 6 heteroatoms. The number of methoxy groups -OCH3 is 3. The van der Waals surface area contributed by atoms with E-state index < -0.39 is 0 Å². The van der Waals surface area contributed by atoms with Gasteiger partial charge in [-0.2, -0.15) is 0 Å². The molecule has 2 atom stereocenters. The van der Waals surface area contributed by atoms with Crippen molar-refractivity contribution in [2.24, 2.45) is 0 Å². The maximum atomic E-state index is 9.80. The van der Waals surface area contributed by atoms with Crippen LogP contribution in [-0.2, 0) is 4.74 Å². The molecule has 1 saturated heterocycles. The highest BCUT2D eigenvalue weighted by atomic mass is 79.9. The van der Waals surface area contributed by atoms with Gasteiger partial charge >= 0.3 is 0 Å². The Morgan fingerprint density at radius 1 is 1.20 bits per heavy atom. The lowest BCUT2D eigenvalue weighted by atomic mass is 9.98. The van der Waals surface area contributed by atoms with Crippen molar-refractivity contribution >= 4 is 15.9 Å². The lowest BCUT2D eigenvalue weighted by Crippen LogP contribution is -2.23. The van der Waals surface area contributed by atoms with E-state index >= 15 is 0 Å². The van der Waals surface area contributed by atoms with Gasteiger partial charge in [-0.25, -0.2) is 0 Å². The third kappa shape index (κ3) is 2.87. The van der Waals surface area contributed by atoms with Crippen LogP contribution in [0.2, 0.25) is 0 Å². The predicted octanol–water partition coefficient (Wildman–Crippen LogP) is 2.69. The van der Waals surface area contributed by atoms with Gasteiger partial charge < -0.3 is 24.1 Å². The van der Waals surface area contributed by atoms with Crippen molar-refractivity contribution in [2.75, 3.05) is 27.9 Å². The fourth-order valence-corrected chi connectivity index (χ4v) is 3.08. The number of benzene rings is 1. The van der Waals surface area contributed by atoms with E-state index in [0.717, 1.165) is 10.0 Å². The minimum atomic E-state index is -0.347. The largest absolute Gasteiger partial charge is 0.493 e. The highest BCUT2D eigenvalue weighted by Gasteiger charge is 2.28. The Hall–Kier alpha value is -0.980. The van der Waals surface area contributed by atoms with Crippen LogP contribution in [0.15, 0.2) is 10.5 Å². The molecular formula is C14H19BrO5. The van der Waals surface area contributed by atoms with Crippen LogP contribution in [0.5, 0.6) is 17.2 Å². The molecule has 0 bridgehead atoms. The fraction of sp³-hybridized carbons (Fsp3) is 0.571. The molecular weight excluding hydrogens is 328 g/mol. The zero-order chi connectivity index (χ0) is 14.7. The van der Waals surface area contributed by atoms with Crippen LogP contribution >= 0.6 is 15.9 Å². The summed E-state index contributed by atoms with van der Waals surface area (Å²) in [4.78, 5) is 0. The predicted molar refractivity (Wildman–Crippen MR) is 77.7 cm³/mol. The van der Waals surface area contributed by atoms with Crippen LogP contribution < -0.4 is 14.2 Å². The molecule has 1 aliphatic heterocycles. The van der Waals surface area contributed by atoms with E-state index in [1.165, 1.54) is 0 Å². The molecule has 1 fully saturated rings. The molecule has 0 aromatic heterocycles. The average molecular weight is 347 g/mol. The van der Waals surface area contributed by atoms with Gasteiger partial charge in [-0.15, -0.1) is 0 Å². The van der Waals surface area contributed by atoms with Gasteiger partial charge in [-0.05, 0) is 28.4 Å². The summed E-state index contributed by atoms with van der Waals surface area (Å²) < 4.78 is 22.6. The Kier molecular flexibility index (Phi) is 5.12. The molecule has 0 spiro atoms. The van der Waals surface area contributed by atoms with Gasteiger partial charge in [0.1, 0.15) is 0 Å². The van der Waals surface area contributed by atoms with E-state index in [0.29, 0.717) is 36.7 Å². The zero-order valence-electron chi connectivity index (χ0n) is 11.8. The molecule has 1 aliphatic rings. The van der Waals surface area contributed by atoms with Gasteiger partial charge in [0.05, 0.1) is 38.0 Å². The SMILES string of the molecule is COc1cc(C2CC(O)CCO2)c(Br)c(OC)c1OC. The first-order chi connectivity index (χ1) is 9.62. The highest BCUT2D eigenvalue weighted by molar-refractivity contribution is 9.10. The minimum absolute atomic E-state index is 0.193. The summed E-state index contributed by atoms with van der Waals surface area (Å²) in [6.07, 6.45) is 0.678. The maximum Gasteiger partial charge on any atom is 0.204 e. The van der Waals surface area contributed by atoms with E-state index in [9.17, 15) is 5.11 Å². The third-order valence-corrected chi connectivity index (χ3v) is 4.22. The molecule has 0 saturated carbocycles. The molecule has 1 N–H and O–H groups in total. The number of ether oxygens (including phenoxy) is 4. The molecule has 2 unspecified atom stereocenters. The third-order valence-electron chi connectivity index (χ3n) is 3.40. The number of aliphatic hydroxyl groups is 1. The number of rotatable bonds is 4. The van der Waals surface area contributed by atoms with E-state index in [4.69, 9.17) is 18.9 Å². The molecule has 1 heterocycles. The van der Waals surface area contributed by atoms with Crippen molar-refractivity contribution in [3.63, 3.8) is 0 Å². The van der Waals surface area contributed by atoms with Crippen LogP contribution in [0.3, 0.4) is 0 Å². The Balaban J connectivity index is 2.47. The first kappa shape index (κ1) is 15.4. The van der Waals surface area contributed by atoms with Crippen LogP contribution in [-0.4, -0.2) is 39.1 Å². The summed E-state index contributed by atoms with van der Waals surface area (Å²) in [6, 6.07) is 1.86. The van der Waals surface area contributed by atoms with Crippen molar-refractivity contribution in [3.05, 3.63) is 16.1 Å². The Bertz CT molecular complexity index is 477. The number of halogens is 1. The fourth-order valence-electron chi connectivity index (χ4n) is 2.37. The van der Waals surface area contributed by atoms with Crippen molar-refractivity contribution in [2.45, 2.75) is 25.0 Å². The Morgan fingerprint density at radius 2 is 1.90 bits per heavy atom. The lowest BCUT2D eigenvalue weighted by molar-refractivity contribution is -0.0452. The summed E-state index contributed by atoms with van der Waals surface area (Å²) in [5.41, 5.74) is 0.887.